The van der Waals surface area contributed by atoms with Gasteiger partial charge in [-0.25, -0.2) is 4.98 Å². The lowest BCUT2D eigenvalue weighted by atomic mass is 10.1. The van der Waals surface area contributed by atoms with Crippen LogP contribution >= 0.6 is 0 Å². The van der Waals surface area contributed by atoms with Crippen LogP contribution in [-0.4, -0.2) is 35.8 Å². The molecule has 0 fully saturated rings. The molecular formula is C14H18N2O2. The summed E-state index contributed by atoms with van der Waals surface area (Å²) in [6.45, 7) is 1.61. The zero-order chi connectivity index (χ0) is 13.1. The number of nitrogens with zero attached hydrogens (tertiary/aromatic N) is 2. The minimum absolute atomic E-state index is 0.135. The molecule has 1 aromatic heterocycles. The van der Waals surface area contributed by atoms with Crippen LogP contribution in [0.25, 0.3) is 11.1 Å². The van der Waals surface area contributed by atoms with Gasteiger partial charge in [0.2, 0.25) is 0 Å². The van der Waals surface area contributed by atoms with Crippen molar-refractivity contribution in [1.29, 1.82) is 0 Å². The number of hydrogen-bond donors (Lipinski definition) is 0. The van der Waals surface area contributed by atoms with Crippen molar-refractivity contribution in [3.05, 3.63) is 30.2 Å². The summed E-state index contributed by atoms with van der Waals surface area (Å²) in [5.41, 5.74) is 1.67. The van der Waals surface area contributed by atoms with Crippen molar-refractivity contribution in [2.75, 3.05) is 14.1 Å². The first-order valence-corrected chi connectivity index (χ1v) is 6.06. The van der Waals surface area contributed by atoms with Gasteiger partial charge in [0.05, 0.1) is 0 Å². The SMILES string of the molecule is CC(=O)CC(Cc1nc2ccccc2o1)N(C)C. The van der Waals surface area contributed by atoms with Gasteiger partial charge in [0.25, 0.3) is 0 Å². The number of likely N-dealkylation sites (N-methyl/N-ethyl adjacent to an activating group) is 1. The molecule has 96 valence electrons. The molecule has 4 heteroatoms. The standard InChI is InChI=1S/C14H18N2O2/c1-10(17)8-11(16(2)3)9-14-15-12-6-4-5-7-13(12)18-14/h4-7,11H,8-9H2,1-3H3. The van der Waals surface area contributed by atoms with Crippen molar-refractivity contribution in [3.63, 3.8) is 0 Å². The number of carbonyl (C=O) groups excluding carboxylic acids is 1. The predicted octanol–water partition coefficient (Wildman–Crippen LogP) is 2.28. The third-order valence-corrected chi connectivity index (χ3v) is 3.00. The molecule has 2 rings (SSSR count). The Morgan fingerprint density at radius 2 is 2.11 bits per heavy atom. The van der Waals surface area contributed by atoms with E-state index < -0.39 is 0 Å². The fraction of sp³-hybridized carbons (Fsp3) is 0.429. The molecule has 1 atom stereocenters. The fourth-order valence-corrected chi connectivity index (χ4v) is 1.98. The average Bonchev–Trinajstić information content (AvgIpc) is 2.69. The zero-order valence-electron chi connectivity index (χ0n) is 11.0. The molecule has 0 bridgehead atoms. The number of fused-ring (bicyclic) bond motifs is 1. The Bertz CT molecular complexity index is 512. The van der Waals surface area contributed by atoms with Crippen molar-refractivity contribution in [2.45, 2.75) is 25.8 Å². The molecule has 0 aliphatic rings. The number of benzene rings is 1. The van der Waals surface area contributed by atoms with E-state index in [1.807, 2.05) is 43.3 Å². The maximum atomic E-state index is 11.2. The Kier molecular flexibility index (Phi) is 3.77. The molecule has 1 aromatic carbocycles. The fourth-order valence-electron chi connectivity index (χ4n) is 1.98. The van der Waals surface area contributed by atoms with E-state index in [1.54, 1.807) is 6.92 Å². The molecular weight excluding hydrogens is 228 g/mol. The van der Waals surface area contributed by atoms with E-state index in [9.17, 15) is 4.79 Å². The summed E-state index contributed by atoms with van der Waals surface area (Å²) in [5.74, 6) is 0.876. The molecule has 0 aliphatic carbocycles. The van der Waals surface area contributed by atoms with Crippen LogP contribution in [0.5, 0.6) is 0 Å². The van der Waals surface area contributed by atoms with Crippen LogP contribution in [0.4, 0.5) is 0 Å². The van der Waals surface area contributed by atoms with Crippen molar-refractivity contribution < 1.29 is 9.21 Å². The van der Waals surface area contributed by atoms with Gasteiger partial charge in [0, 0.05) is 18.9 Å². The van der Waals surface area contributed by atoms with E-state index in [0.717, 1.165) is 11.1 Å². The molecule has 4 nitrogen and oxygen atoms in total. The number of carbonyl (C=O) groups is 1. The first kappa shape index (κ1) is 12.8. The highest BCUT2D eigenvalue weighted by Crippen LogP contribution is 2.17. The van der Waals surface area contributed by atoms with Crippen LogP contribution < -0.4 is 0 Å². The first-order chi connectivity index (χ1) is 8.56. The van der Waals surface area contributed by atoms with Crippen LogP contribution in [0, 0.1) is 0 Å². The molecule has 0 aliphatic heterocycles. The lowest BCUT2D eigenvalue weighted by Gasteiger charge is -2.21. The van der Waals surface area contributed by atoms with Gasteiger partial charge in [0.1, 0.15) is 11.3 Å². The quantitative estimate of drug-likeness (QED) is 0.812. The van der Waals surface area contributed by atoms with Crippen molar-refractivity contribution >= 4 is 16.9 Å². The van der Waals surface area contributed by atoms with E-state index in [2.05, 4.69) is 4.98 Å². The van der Waals surface area contributed by atoms with E-state index in [4.69, 9.17) is 4.42 Å². The van der Waals surface area contributed by atoms with Gasteiger partial charge < -0.3 is 9.32 Å². The van der Waals surface area contributed by atoms with Gasteiger partial charge >= 0.3 is 0 Å². The molecule has 0 saturated carbocycles. The Balaban J connectivity index is 2.17. The number of oxazole rings is 1. The monoisotopic (exact) mass is 246 g/mol. The topological polar surface area (TPSA) is 46.3 Å². The minimum Gasteiger partial charge on any atom is -0.441 e. The largest absolute Gasteiger partial charge is 0.441 e. The van der Waals surface area contributed by atoms with Crippen molar-refractivity contribution in [3.8, 4) is 0 Å². The molecule has 0 N–H and O–H groups in total. The van der Waals surface area contributed by atoms with Crippen LogP contribution in [-0.2, 0) is 11.2 Å². The Labute approximate surface area is 107 Å². The Morgan fingerprint density at radius 1 is 1.39 bits per heavy atom. The Morgan fingerprint density at radius 3 is 2.72 bits per heavy atom. The second-order valence-electron chi connectivity index (χ2n) is 4.80. The molecule has 0 spiro atoms. The summed E-state index contributed by atoms with van der Waals surface area (Å²) in [6.07, 6.45) is 1.17. The highest BCUT2D eigenvalue weighted by molar-refractivity contribution is 5.76. The number of para-hydroxylation sites is 2. The first-order valence-electron chi connectivity index (χ1n) is 6.06. The van der Waals surface area contributed by atoms with Crippen LogP contribution in [0.3, 0.4) is 0 Å². The van der Waals surface area contributed by atoms with Gasteiger partial charge in [0.15, 0.2) is 11.5 Å². The highest BCUT2D eigenvalue weighted by atomic mass is 16.3. The summed E-state index contributed by atoms with van der Waals surface area (Å²) in [4.78, 5) is 17.7. The van der Waals surface area contributed by atoms with E-state index >= 15 is 0 Å². The maximum absolute atomic E-state index is 11.2. The average molecular weight is 246 g/mol. The molecule has 0 amide bonds. The second-order valence-corrected chi connectivity index (χ2v) is 4.80. The van der Waals surface area contributed by atoms with Gasteiger partial charge in [-0.3, -0.25) is 4.79 Å². The molecule has 0 saturated heterocycles. The summed E-state index contributed by atoms with van der Waals surface area (Å²) in [5, 5.41) is 0. The third-order valence-electron chi connectivity index (χ3n) is 3.00. The molecule has 0 radical (unpaired) electrons. The summed E-state index contributed by atoms with van der Waals surface area (Å²) >= 11 is 0. The van der Waals surface area contributed by atoms with Gasteiger partial charge in [-0.1, -0.05) is 12.1 Å². The zero-order valence-corrected chi connectivity index (χ0v) is 11.0. The Hall–Kier alpha value is -1.68. The summed E-state index contributed by atoms with van der Waals surface area (Å²) < 4.78 is 5.68. The lowest BCUT2D eigenvalue weighted by Crippen LogP contribution is -2.32. The predicted molar refractivity (Wildman–Crippen MR) is 70.5 cm³/mol. The van der Waals surface area contributed by atoms with Crippen LogP contribution in [0.1, 0.15) is 19.2 Å². The number of ketones is 1. The number of aromatic nitrogens is 1. The second kappa shape index (κ2) is 5.31. The molecule has 2 aromatic rings. The third kappa shape index (κ3) is 2.96. The maximum Gasteiger partial charge on any atom is 0.197 e. The van der Waals surface area contributed by atoms with E-state index in [1.165, 1.54) is 0 Å². The molecule has 18 heavy (non-hydrogen) atoms. The highest BCUT2D eigenvalue weighted by Gasteiger charge is 2.17. The molecule has 1 unspecified atom stereocenters. The smallest absolute Gasteiger partial charge is 0.197 e. The summed E-state index contributed by atoms with van der Waals surface area (Å²) in [7, 11) is 3.94. The van der Waals surface area contributed by atoms with Crippen LogP contribution in [0.15, 0.2) is 28.7 Å². The molecule has 1 heterocycles. The van der Waals surface area contributed by atoms with Crippen molar-refractivity contribution in [2.24, 2.45) is 0 Å². The van der Waals surface area contributed by atoms with Gasteiger partial charge in [-0.2, -0.15) is 0 Å². The van der Waals surface area contributed by atoms with E-state index in [-0.39, 0.29) is 11.8 Å². The number of Topliss-reactive ketones (excluding diaryl/α,β-unsaturated/α-hetero) is 1. The van der Waals surface area contributed by atoms with Crippen molar-refractivity contribution in [1.82, 2.24) is 9.88 Å². The van der Waals surface area contributed by atoms with Gasteiger partial charge in [-0.15, -0.1) is 0 Å². The lowest BCUT2D eigenvalue weighted by molar-refractivity contribution is -0.118. The number of hydrogen-bond acceptors (Lipinski definition) is 4. The minimum atomic E-state index is 0.135. The van der Waals surface area contributed by atoms with E-state index in [0.29, 0.717) is 18.7 Å². The number of rotatable bonds is 5. The summed E-state index contributed by atoms with van der Waals surface area (Å²) in [6, 6.07) is 7.83. The van der Waals surface area contributed by atoms with Gasteiger partial charge in [-0.05, 0) is 33.2 Å². The van der Waals surface area contributed by atoms with Crippen LogP contribution in [0.2, 0.25) is 0 Å². The normalized spacial score (nSPS) is 13.1.